The number of rotatable bonds is 6. The maximum atomic E-state index is 4.54. The average Bonchev–Trinajstić information content (AvgIpc) is 3.10. The highest BCUT2D eigenvalue weighted by atomic mass is 32.1. The summed E-state index contributed by atoms with van der Waals surface area (Å²) in [5, 5.41) is 9.96. The van der Waals surface area contributed by atoms with E-state index < -0.39 is 0 Å². The van der Waals surface area contributed by atoms with Crippen molar-refractivity contribution in [2.24, 2.45) is 10.9 Å². The molecule has 0 spiro atoms. The fourth-order valence-electron chi connectivity index (χ4n) is 2.11. The first kappa shape index (κ1) is 17.0. The lowest BCUT2D eigenvalue weighted by Gasteiger charge is -2.15. The molecule has 2 rings (SSSR count). The summed E-state index contributed by atoms with van der Waals surface area (Å²) in [5.74, 6) is 1.41. The quantitative estimate of drug-likeness (QED) is 0.628. The van der Waals surface area contributed by atoms with Gasteiger partial charge in [-0.3, -0.25) is 4.99 Å². The third-order valence-corrected chi connectivity index (χ3v) is 5.42. The lowest BCUT2D eigenvalue weighted by atomic mass is 10.1. The second-order valence-corrected chi connectivity index (χ2v) is 7.76. The molecule has 1 unspecified atom stereocenters. The summed E-state index contributed by atoms with van der Waals surface area (Å²) in [4.78, 5) is 11.5. The first-order valence-corrected chi connectivity index (χ1v) is 9.18. The number of thiazole rings is 1. The molecule has 0 radical (unpaired) electrons. The molecule has 4 nitrogen and oxygen atoms in total. The molecule has 6 heteroatoms. The lowest BCUT2D eigenvalue weighted by Crippen LogP contribution is -2.39. The molecule has 0 aliphatic carbocycles. The van der Waals surface area contributed by atoms with Gasteiger partial charge in [-0.1, -0.05) is 13.0 Å². The molecular formula is C16H24N4S2. The van der Waals surface area contributed by atoms with E-state index in [0.29, 0.717) is 5.92 Å². The van der Waals surface area contributed by atoms with Crippen LogP contribution in [0.25, 0.3) is 0 Å². The fraction of sp³-hybridized carbons (Fsp3) is 0.500. The maximum Gasteiger partial charge on any atom is 0.191 e. The Hall–Kier alpha value is -1.40. The van der Waals surface area contributed by atoms with Gasteiger partial charge in [-0.25, -0.2) is 4.98 Å². The highest BCUT2D eigenvalue weighted by molar-refractivity contribution is 7.11. The lowest BCUT2D eigenvalue weighted by molar-refractivity contribution is 0.562. The van der Waals surface area contributed by atoms with Crippen LogP contribution in [0, 0.1) is 19.8 Å². The topological polar surface area (TPSA) is 49.3 Å². The summed E-state index contributed by atoms with van der Waals surface area (Å²) in [7, 11) is 1.80. The summed E-state index contributed by atoms with van der Waals surface area (Å²) in [6.45, 7) is 8.05. The van der Waals surface area contributed by atoms with Gasteiger partial charge in [-0.05, 0) is 37.6 Å². The third kappa shape index (κ3) is 5.10. The van der Waals surface area contributed by atoms with Gasteiger partial charge in [0.05, 0.1) is 12.2 Å². The number of guanidine groups is 1. The highest BCUT2D eigenvalue weighted by Crippen LogP contribution is 2.16. The van der Waals surface area contributed by atoms with Gasteiger partial charge in [0.15, 0.2) is 5.96 Å². The smallest absolute Gasteiger partial charge is 0.191 e. The Kier molecular flexibility index (Phi) is 6.39. The van der Waals surface area contributed by atoms with Crippen LogP contribution in [0.5, 0.6) is 0 Å². The molecule has 2 N–H and O–H groups in total. The van der Waals surface area contributed by atoms with E-state index in [-0.39, 0.29) is 0 Å². The molecule has 0 aromatic carbocycles. The molecule has 0 amide bonds. The Labute approximate surface area is 140 Å². The number of nitrogens with zero attached hydrogens (tertiary/aromatic N) is 2. The molecule has 0 saturated heterocycles. The molecule has 0 bridgehead atoms. The van der Waals surface area contributed by atoms with Crippen LogP contribution in [0.15, 0.2) is 22.5 Å². The Balaban J connectivity index is 1.75. The minimum Gasteiger partial charge on any atom is -0.356 e. The summed E-state index contributed by atoms with van der Waals surface area (Å²) < 4.78 is 0. The van der Waals surface area contributed by atoms with E-state index >= 15 is 0 Å². The van der Waals surface area contributed by atoms with Gasteiger partial charge in [0, 0.05) is 23.3 Å². The number of aryl methyl sites for hydroxylation is 2. The number of hydrogen-bond acceptors (Lipinski definition) is 4. The number of aliphatic imine (C=N–C) groups is 1. The van der Waals surface area contributed by atoms with Gasteiger partial charge in [0.2, 0.25) is 0 Å². The zero-order valence-corrected chi connectivity index (χ0v) is 15.3. The van der Waals surface area contributed by atoms with Crippen molar-refractivity contribution in [1.82, 2.24) is 15.6 Å². The first-order valence-electron chi connectivity index (χ1n) is 7.48. The Bertz CT molecular complexity index is 582. The van der Waals surface area contributed by atoms with Crippen molar-refractivity contribution < 1.29 is 0 Å². The van der Waals surface area contributed by atoms with Crippen molar-refractivity contribution in [1.29, 1.82) is 0 Å². The molecule has 0 fully saturated rings. The molecule has 0 aliphatic heterocycles. The van der Waals surface area contributed by atoms with Gasteiger partial charge in [0.25, 0.3) is 0 Å². The van der Waals surface area contributed by atoms with E-state index in [1.807, 2.05) is 11.3 Å². The molecule has 22 heavy (non-hydrogen) atoms. The monoisotopic (exact) mass is 336 g/mol. The predicted molar refractivity (Wildman–Crippen MR) is 97.0 cm³/mol. The second kappa shape index (κ2) is 8.29. The molecule has 2 aromatic rings. The van der Waals surface area contributed by atoms with Crippen LogP contribution in [0.4, 0.5) is 0 Å². The normalized spacial score (nSPS) is 13.2. The van der Waals surface area contributed by atoms with E-state index in [2.05, 4.69) is 58.9 Å². The highest BCUT2D eigenvalue weighted by Gasteiger charge is 2.07. The van der Waals surface area contributed by atoms with E-state index in [4.69, 9.17) is 0 Å². The zero-order chi connectivity index (χ0) is 15.9. The Morgan fingerprint density at radius 3 is 2.77 bits per heavy atom. The molecule has 120 valence electrons. The van der Waals surface area contributed by atoms with Crippen LogP contribution in [0.2, 0.25) is 0 Å². The summed E-state index contributed by atoms with van der Waals surface area (Å²) in [5.41, 5.74) is 1.12. The predicted octanol–water partition coefficient (Wildman–Crippen LogP) is 3.37. The third-order valence-electron chi connectivity index (χ3n) is 3.45. The summed E-state index contributed by atoms with van der Waals surface area (Å²) in [6, 6.07) is 4.31. The maximum absolute atomic E-state index is 4.54. The van der Waals surface area contributed by atoms with E-state index in [9.17, 15) is 0 Å². The van der Waals surface area contributed by atoms with Crippen molar-refractivity contribution in [2.45, 2.75) is 33.7 Å². The van der Waals surface area contributed by atoms with Crippen molar-refractivity contribution in [3.05, 3.63) is 38.0 Å². The SMILES string of the molecule is CN=C(NCc1nc(C)c(C)s1)NCC(C)Cc1cccs1. The molecule has 0 aliphatic rings. The molecule has 2 heterocycles. The van der Waals surface area contributed by atoms with Gasteiger partial charge < -0.3 is 10.6 Å². The van der Waals surface area contributed by atoms with Crippen molar-refractivity contribution in [3.8, 4) is 0 Å². The number of nitrogens with one attached hydrogen (secondary N) is 2. The molecular weight excluding hydrogens is 312 g/mol. The van der Waals surface area contributed by atoms with Crippen LogP contribution in [0.1, 0.15) is 27.4 Å². The second-order valence-electron chi connectivity index (χ2n) is 5.44. The summed E-state index contributed by atoms with van der Waals surface area (Å²) in [6.07, 6.45) is 1.10. The van der Waals surface area contributed by atoms with E-state index in [1.54, 1.807) is 18.4 Å². The summed E-state index contributed by atoms with van der Waals surface area (Å²) >= 11 is 3.56. The van der Waals surface area contributed by atoms with Crippen molar-refractivity contribution >= 4 is 28.6 Å². The molecule has 0 saturated carbocycles. The Morgan fingerprint density at radius 2 is 2.18 bits per heavy atom. The standard InChI is InChI=1S/C16H24N4S2/c1-11(8-14-6-5-7-21-14)9-18-16(17-4)19-10-15-20-12(2)13(3)22-15/h5-7,11H,8-10H2,1-4H3,(H2,17,18,19). The van der Waals surface area contributed by atoms with Crippen LogP contribution in [0.3, 0.4) is 0 Å². The van der Waals surface area contributed by atoms with Gasteiger partial charge in [-0.15, -0.1) is 22.7 Å². The van der Waals surface area contributed by atoms with Gasteiger partial charge in [0.1, 0.15) is 5.01 Å². The average molecular weight is 337 g/mol. The van der Waals surface area contributed by atoms with Crippen LogP contribution in [-0.4, -0.2) is 24.5 Å². The largest absolute Gasteiger partial charge is 0.356 e. The minimum atomic E-state index is 0.571. The van der Waals surface area contributed by atoms with E-state index in [1.165, 1.54) is 9.75 Å². The van der Waals surface area contributed by atoms with E-state index in [0.717, 1.165) is 36.2 Å². The van der Waals surface area contributed by atoms with Crippen molar-refractivity contribution in [2.75, 3.05) is 13.6 Å². The van der Waals surface area contributed by atoms with Crippen molar-refractivity contribution in [3.63, 3.8) is 0 Å². The van der Waals surface area contributed by atoms with Crippen LogP contribution >= 0.6 is 22.7 Å². The number of thiophene rings is 1. The first-order chi connectivity index (χ1) is 10.6. The molecule has 1 atom stereocenters. The zero-order valence-electron chi connectivity index (χ0n) is 13.6. The van der Waals surface area contributed by atoms with Crippen LogP contribution in [-0.2, 0) is 13.0 Å². The minimum absolute atomic E-state index is 0.571. The fourth-order valence-corrected chi connectivity index (χ4v) is 3.85. The Morgan fingerprint density at radius 1 is 1.36 bits per heavy atom. The number of hydrogen-bond donors (Lipinski definition) is 2. The number of aromatic nitrogens is 1. The van der Waals surface area contributed by atoms with Gasteiger partial charge >= 0.3 is 0 Å². The van der Waals surface area contributed by atoms with Crippen LogP contribution < -0.4 is 10.6 Å². The van der Waals surface area contributed by atoms with Gasteiger partial charge in [-0.2, -0.15) is 0 Å². The molecule has 2 aromatic heterocycles.